The summed E-state index contributed by atoms with van der Waals surface area (Å²) < 4.78 is 3.34. The lowest BCUT2D eigenvalue weighted by Gasteiger charge is -2.15. The number of tetrazole rings is 1. The number of carboxylic acid groups (broad SMARTS) is 1. The van der Waals surface area contributed by atoms with Crippen molar-refractivity contribution in [2.24, 2.45) is 7.05 Å². The number of hydrogen-bond donors (Lipinski definition) is 1. The molecule has 1 unspecified atom stereocenters. The lowest BCUT2D eigenvalue weighted by molar-refractivity contribution is -0.138. The number of rotatable bonds is 6. The number of aliphatic carboxylic acids is 1. The molecule has 0 saturated heterocycles. The number of aryl methyl sites for hydroxylation is 1. The van der Waals surface area contributed by atoms with Crippen molar-refractivity contribution in [1.82, 2.24) is 30.0 Å². The van der Waals surface area contributed by atoms with Crippen molar-refractivity contribution in [2.75, 3.05) is 0 Å². The quantitative estimate of drug-likeness (QED) is 0.852. The number of nitrogens with zero attached hydrogens (tertiary/aromatic N) is 6. The number of carbonyl (C=O) groups is 1. The molecule has 20 heavy (non-hydrogen) atoms. The summed E-state index contributed by atoms with van der Waals surface area (Å²) in [6, 6.07) is -0.248. The van der Waals surface area contributed by atoms with Crippen LogP contribution in [0.2, 0.25) is 0 Å². The molecule has 0 aromatic carbocycles. The maximum atomic E-state index is 11.0. The zero-order valence-corrected chi connectivity index (χ0v) is 11.8. The van der Waals surface area contributed by atoms with Crippen LogP contribution in [0.5, 0.6) is 0 Å². The van der Waals surface area contributed by atoms with Gasteiger partial charge in [-0.15, -0.1) is 5.10 Å². The highest BCUT2D eigenvalue weighted by molar-refractivity contribution is 5.67. The summed E-state index contributed by atoms with van der Waals surface area (Å²) in [7, 11) is 1.84. The lowest BCUT2D eigenvalue weighted by Crippen LogP contribution is -2.16. The van der Waals surface area contributed by atoms with Gasteiger partial charge >= 0.3 is 5.97 Å². The van der Waals surface area contributed by atoms with Crippen LogP contribution in [0.15, 0.2) is 6.20 Å². The minimum Gasteiger partial charge on any atom is -0.481 e. The van der Waals surface area contributed by atoms with Gasteiger partial charge in [-0.05, 0) is 23.8 Å². The number of hydrogen-bond acceptors (Lipinski definition) is 5. The van der Waals surface area contributed by atoms with E-state index in [0.29, 0.717) is 12.2 Å². The Morgan fingerprint density at radius 1 is 1.50 bits per heavy atom. The topological polar surface area (TPSA) is 98.7 Å². The smallest absolute Gasteiger partial charge is 0.305 e. The first-order chi connectivity index (χ1) is 9.54. The highest BCUT2D eigenvalue weighted by Crippen LogP contribution is 2.25. The van der Waals surface area contributed by atoms with Crippen LogP contribution < -0.4 is 0 Å². The van der Waals surface area contributed by atoms with Gasteiger partial charge in [0, 0.05) is 12.7 Å². The Morgan fingerprint density at radius 2 is 2.25 bits per heavy atom. The van der Waals surface area contributed by atoms with Crippen LogP contribution in [0.1, 0.15) is 37.9 Å². The Morgan fingerprint density at radius 3 is 2.80 bits per heavy atom. The van der Waals surface area contributed by atoms with Gasteiger partial charge in [0.2, 0.25) is 0 Å². The van der Waals surface area contributed by atoms with E-state index in [9.17, 15) is 4.79 Å². The Labute approximate surface area is 116 Å². The summed E-state index contributed by atoms with van der Waals surface area (Å²) in [4.78, 5) is 11.0. The lowest BCUT2D eigenvalue weighted by atomic mass is 10.1. The third-order valence-corrected chi connectivity index (χ3v) is 3.35. The predicted molar refractivity (Wildman–Crippen MR) is 71.0 cm³/mol. The fraction of sp³-hybridized carbons (Fsp3) is 0.583. The van der Waals surface area contributed by atoms with Crippen LogP contribution >= 0.6 is 0 Å². The van der Waals surface area contributed by atoms with Crippen LogP contribution in [0, 0.1) is 6.92 Å². The fourth-order valence-corrected chi connectivity index (χ4v) is 2.18. The van der Waals surface area contributed by atoms with Gasteiger partial charge in [0.25, 0.3) is 0 Å². The minimum atomic E-state index is -0.854. The zero-order chi connectivity index (χ0) is 14.7. The average Bonchev–Trinajstić information content (AvgIpc) is 2.97. The van der Waals surface area contributed by atoms with Gasteiger partial charge in [0.05, 0.1) is 24.2 Å². The van der Waals surface area contributed by atoms with Crippen LogP contribution in [-0.4, -0.2) is 41.1 Å². The summed E-state index contributed by atoms with van der Waals surface area (Å²) in [5, 5.41) is 24.9. The normalized spacial score (nSPS) is 12.6. The molecule has 2 heterocycles. The number of carboxylic acids is 1. The van der Waals surface area contributed by atoms with E-state index in [-0.39, 0.29) is 12.5 Å². The van der Waals surface area contributed by atoms with Crippen molar-refractivity contribution in [3.63, 3.8) is 0 Å². The summed E-state index contributed by atoms with van der Waals surface area (Å²) in [5.41, 5.74) is 1.76. The first kappa shape index (κ1) is 14.2. The van der Waals surface area contributed by atoms with Gasteiger partial charge in [-0.25, -0.2) is 4.68 Å². The number of aromatic nitrogens is 6. The second kappa shape index (κ2) is 5.81. The van der Waals surface area contributed by atoms with E-state index in [1.165, 1.54) is 0 Å². The van der Waals surface area contributed by atoms with Crippen molar-refractivity contribution < 1.29 is 9.90 Å². The van der Waals surface area contributed by atoms with E-state index in [4.69, 9.17) is 5.11 Å². The molecule has 0 spiro atoms. The highest BCUT2D eigenvalue weighted by Gasteiger charge is 2.22. The molecule has 0 amide bonds. The van der Waals surface area contributed by atoms with Gasteiger partial charge in [-0.2, -0.15) is 5.10 Å². The van der Waals surface area contributed by atoms with E-state index in [0.717, 1.165) is 17.7 Å². The van der Waals surface area contributed by atoms with Crippen LogP contribution in [-0.2, 0) is 11.8 Å². The van der Waals surface area contributed by atoms with Crippen molar-refractivity contribution in [3.8, 4) is 11.4 Å². The molecule has 0 radical (unpaired) electrons. The van der Waals surface area contributed by atoms with Crippen molar-refractivity contribution in [2.45, 2.75) is 39.2 Å². The van der Waals surface area contributed by atoms with Gasteiger partial charge in [-0.1, -0.05) is 13.3 Å². The van der Waals surface area contributed by atoms with Crippen LogP contribution in [0.4, 0.5) is 0 Å². The molecule has 8 heteroatoms. The SMILES string of the molecule is CCCC(CC(=O)O)n1nnnc1-c1cnn(C)c1C. The first-order valence-corrected chi connectivity index (χ1v) is 6.53. The molecular weight excluding hydrogens is 260 g/mol. The minimum absolute atomic E-state index is 0.00515. The van der Waals surface area contributed by atoms with Gasteiger partial charge in [0.1, 0.15) is 0 Å². The molecule has 2 aromatic heterocycles. The van der Waals surface area contributed by atoms with Crippen molar-refractivity contribution in [3.05, 3.63) is 11.9 Å². The molecule has 0 aliphatic heterocycles. The molecule has 108 valence electrons. The Hall–Kier alpha value is -2.25. The Balaban J connectivity index is 2.40. The molecule has 1 N–H and O–H groups in total. The van der Waals surface area contributed by atoms with Crippen molar-refractivity contribution >= 4 is 5.97 Å². The third-order valence-electron chi connectivity index (χ3n) is 3.35. The summed E-state index contributed by atoms with van der Waals surface area (Å²) in [5.74, 6) is -0.289. The summed E-state index contributed by atoms with van der Waals surface area (Å²) in [6.45, 7) is 3.93. The summed E-state index contributed by atoms with van der Waals surface area (Å²) in [6.07, 6.45) is 3.28. The Kier molecular flexibility index (Phi) is 4.11. The second-order valence-corrected chi connectivity index (χ2v) is 4.75. The van der Waals surface area contributed by atoms with Crippen molar-refractivity contribution in [1.29, 1.82) is 0 Å². The van der Waals surface area contributed by atoms with E-state index >= 15 is 0 Å². The summed E-state index contributed by atoms with van der Waals surface area (Å²) >= 11 is 0. The molecule has 8 nitrogen and oxygen atoms in total. The average molecular weight is 278 g/mol. The molecule has 0 saturated carbocycles. The first-order valence-electron chi connectivity index (χ1n) is 6.53. The highest BCUT2D eigenvalue weighted by atomic mass is 16.4. The molecule has 2 aromatic rings. The molecule has 2 rings (SSSR count). The third kappa shape index (κ3) is 2.68. The maximum Gasteiger partial charge on any atom is 0.305 e. The Bertz CT molecular complexity index is 603. The fourth-order valence-electron chi connectivity index (χ4n) is 2.18. The van der Waals surface area contributed by atoms with Crippen LogP contribution in [0.25, 0.3) is 11.4 Å². The molecule has 0 aliphatic rings. The zero-order valence-electron chi connectivity index (χ0n) is 11.8. The second-order valence-electron chi connectivity index (χ2n) is 4.75. The van der Waals surface area contributed by atoms with Gasteiger partial charge in [-0.3, -0.25) is 9.48 Å². The molecule has 0 aliphatic carbocycles. The largest absolute Gasteiger partial charge is 0.481 e. The van der Waals surface area contributed by atoms with E-state index in [1.54, 1.807) is 15.6 Å². The van der Waals surface area contributed by atoms with E-state index in [1.807, 2.05) is 20.9 Å². The molecular formula is C12H18N6O2. The molecule has 1 atom stereocenters. The van der Waals surface area contributed by atoms with Gasteiger partial charge in [0.15, 0.2) is 5.82 Å². The molecule has 0 fully saturated rings. The van der Waals surface area contributed by atoms with Gasteiger partial charge < -0.3 is 5.11 Å². The van der Waals surface area contributed by atoms with E-state index in [2.05, 4.69) is 20.6 Å². The van der Waals surface area contributed by atoms with E-state index < -0.39 is 5.97 Å². The van der Waals surface area contributed by atoms with Crippen LogP contribution in [0.3, 0.4) is 0 Å². The predicted octanol–water partition coefficient (Wildman–Crippen LogP) is 1.20. The monoisotopic (exact) mass is 278 g/mol. The maximum absolute atomic E-state index is 11.0. The molecule has 0 bridgehead atoms. The standard InChI is InChI=1S/C12H18N6O2/c1-4-5-9(6-11(19)20)18-12(14-15-16-18)10-7-13-17(3)8(10)2/h7,9H,4-6H2,1-3H3,(H,19,20).